The lowest BCUT2D eigenvalue weighted by atomic mass is 10.3. The number of rotatable bonds is 2. The van der Waals surface area contributed by atoms with Gasteiger partial charge >= 0.3 is 0 Å². The molecule has 1 heterocycles. The van der Waals surface area contributed by atoms with Crippen molar-refractivity contribution < 1.29 is 0 Å². The van der Waals surface area contributed by atoms with Crippen LogP contribution in [0, 0.1) is 11.8 Å². The van der Waals surface area contributed by atoms with Gasteiger partial charge in [-0.2, -0.15) is 0 Å². The Bertz CT molecular complexity index is 188. The van der Waals surface area contributed by atoms with Crippen molar-refractivity contribution in [1.82, 2.24) is 10.6 Å². The van der Waals surface area contributed by atoms with Gasteiger partial charge in [-0.3, -0.25) is 4.99 Å². The maximum atomic E-state index is 4.35. The first-order valence-electron chi connectivity index (χ1n) is 4.88. The quantitative estimate of drug-likeness (QED) is 0.631. The van der Waals surface area contributed by atoms with E-state index in [2.05, 4.69) is 22.5 Å². The average molecular weight is 167 g/mol. The van der Waals surface area contributed by atoms with Gasteiger partial charge in [-0.25, -0.2) is 0 Å². The highest BCUT2D eigenvalue weighted by atomic mass is 15.2. The zero-order chi connectivity index (χ0) is 8.39. The van der Waals surface area contributed by atoms with Gasteiger partial charge in [0.1, 0.15) is 0 Å². The average Bonchev–Trinajstić information content (AvgIpc) is 2.81. The van der Waals surface area contributed by atoms with Crippen LogP contribution in [0.1, 0.15) is 19.8 Å². The van der Waals surface area contributed by atoms with Gasteiger partial charge in [0.15, 0.2) is 5.96 Å². The van der Waals surface area contributed by atoms with Crippen LogP contribution >= 0.6 is 0 Å². The van der Waals surface area contributed by atoms with E-state index in [0.717, 1.165) is 37.4 Å². The van der Waals surface area contributed by atoms with Crippen LogP contribution in [0.4, 0.5) is 0 Å². The summed E-state index contributed by atoms with van der Waals surface area (Å²) in [6, 6.07) is 0. The van der Waals surface area contributed by atoms with Crippen LogP contribution in [0.25, 0.3) is 0 Å². The second-order valence-corrected chi connectivity index (χ2v) is 3.86. The predicted molar refractivity (Wildman–Crippen MR) is 50.2 cm³/mol. The largest absolute Gasteiger partial charge is 0.356 e. The summed E-state index contributed by atoms with van der Waals surface area (Å²) in [4.78, 5) is 4.35. The van der Waals surface area contributed by atoms with Crippen LogP contribution in [0.2, 0.25) is 0 Å². The molecule has 0 aromatic carbocycles. The molecule has 2 aliphatic rings. The second kappa shape index (κ2) is 3.33. The van der Waals surface area contributed by atoms with E-state index in [9.17, 15) is 0 Å². The summed E-state index contributed by atoms with van der Waals surface area (Å²) in [5.41, 5.74) is 0. The van der Waals surface area contributed by atoms with E-state index in [1.54, 1.807) is 0 Å². The Labute approximate surface area is 73.6 Å². The minimum atomic E-state index is 0.899. The fraction of sp³-hybridized carbons (Fsp3) is 0.889. The molecule has 0 saturated heterocycles. The number of aliphatic imine (C=N–C) groups is 1. The van der Waals surface area contributed by atoms with E-state index in [1.807, 2.05) is 0 Å². The van der Waals surface area contributed by atoms with Crippen molar-refractivity contribution in [2.24, 2.45) is 16.8 Å². The molecule has 0 spiro atoms. The number of hydrogen-bond acceptors (Lipinski definition) is 3. The maximum Gasteiger partial charge on any atom is 0.191 e. The van der Waals surface area contributed by atoms with Gasteiger partial charge < -0.3 is 10.6 Å². The third-order valence-corrected chi connectivity index (χ3v) is 2.71. The van der Waals surface area contributed by atoms with Gasteiger partial charge in [0.05, 0.1) is 0 Å². The first-order valence-corrected chi connectivity index (χ1v) is 4.88. The molecule has 0 aromatic heterocycles. The van der Waals surface area contributed by atoms with Crippen LogP contribution < -0.4 is 10.6 Å². The Kier molecular flexibility index (Phi) is 2.19. The number of guanidine groups is 1. The van der Waals surface area contributed by atoms with E-state index in [1.165, 1.54) is 12.8 Å². The molecule has 3 nitrogen and oxygen atoms in total. The molecule has 68 valence electrons. The Morgan fingerprint density at radius 1 is 1.67 bits per heavy atom. The molecule has 0 bridgehead atoms. The summed E-state index contributed by atoms with van der Waals surface area (Å²) in [7, 11) is 0. The fourth-order valence-electron chi connectivity index (χ4n) is 1.56. The van der Waals surface area contributed by atoms with Gasteiger partial charge in [0.25, 0.3) is 0 Å². The van der Waals surface area contributed by atoms with E-state index < -0.39 is 0 Å². The molecule has 1 aliphatic heterocycles. The van der Waals surface area contributed by atoms with Gasteiger partial charge in [-0.1, -0.05) is 6.92 Å². The summed E-state index contributed by atoms with van der Waals surface area (Å²) >= 11 is 0. The highest BCUT2D eigenvalue weighted by Crippen LogP contribution is 2.36. The zero-order valence-corrected chi connectivity index (χ0v) is 7.64. The summed E-state index contributed by atoms with van der Waals surface area (Å²) in [6.45, 7) is 5.47. The van der Waals surface area contributed by atoms with E-state index in [-0.39, 0.29) is 0 Å². The lowest BCUT2D eigenvalue weighted by Gasteiger charge is -2.15. The minimum Gasteiger partial charge on any atom is -0.356 e. The van der Waals surface area contributed by atoms with Crippen molar-refractivity contribution in [1.29, 1.82) is 0 Å². The maximum absolute atomic E-state index is 4.35. The molecule has 0 radical (unpaired) electrons. The first kappa shape index (κ1) is 7.90. The smallest absolute Gasteiger partial charge is 0.191 e. The Hall–Kier alpha value is -0.730. The highest BCUT2D eigenvalue weighted by Gasteiger charge is 2.32. The lowest BCUT2D eigenvalue weighted by Crippen LogP contribution is -2.41. The number of hydrogen-bond donors (Lipinski definition) is 2. The highest BCUT2D eigenvalue weighted by molar-refractivity contribution is 5.80. The van der Waals surface area contributed by atoms with Gasteiger partial charge in [-0.15, -0.1) is 0 Å². The summed E-state index contributed by atoms with van der Waals surface area (Å²) in [6.07, 6.45) is 2.56. The van der Waals surface area contributed by atoms with E-state index in [4.69, 9.17) is 0 Å². The molecule has 0 aromatic rings. The second-order valence-electron chi connectivity index (χ2n) is 3.86. The third-order valence-electron chi connectivity index (χ3n) is 2.71. The molecule has 1 fully saturated rings. The van der Waals surface area contributed by atoms with Gasteiger partial charge in [0.2, 0.25) is 0 Å². The van der Waals surface area contributed by atoms with Crippen LogP contribution in [0.15, 0.2) is 4.99 Å². The topological polar surface area (TPSA) is 36.4 Å². The Morgan fingerprint density at radius 3 is 3.08 bits per heavy atom. The molecule has 2 N–H and O–H groups in total. The third kappa shape index (κ3) is 1.90. The van der Waals surface area contributed by atoms with Crippen LogP contribution in [-0.4, -0.2) is 25.6 Å². The zero-order valence-electron chi connectivity index (χ0n) is 7.64. The van der Waals surface area contributed by atoms with Gasteiger partial charge in [-0.05, 0) is 24.7 Å². The van der Waals surface area contributed by atoms with Crippen molar-refractivity contribution in [2.75, 3.05) is 19.6 Å². The molecule has 1 saturated carbocycles. The molecule has 0 amide bonds. The van der Waals surface area contributed by atoms with E-state index >= 15 is 0 Å². The summed E-state index contributed by atoms with van der Waals surface area (Å²) < 4.78 is 0. The predicted octanol–water partition coefficient (Wildman–Crippen LogP) is 0.581. The Morgan fingerprint density at radius 2 is 2.50 bits per heavy atom. The summed E-state index contributed by atoms with van der Waals surface area (Å²) in [5, 5.41) is 6.61. The monoisotopic (exact) mass is 167 g/mol. The SMILES string of the molecule is CC1CC1CNC1=NCCCN1. The molecular formula is C9H17N3. The molecule has 2 atom stereocenters. The van der Waals surface area contributed by atoms with Crippen molar-refractivity contribution in [3.8, 4) is 0 Å². The fourth-order valence-corrected chi connectivity index (χ4v) is 1.56. The van der Waals surface area contributed by atoms with Crippen molar-refractivity contribution >= 4 is 5.96 Å². The summed E-state index contributed by atoms with van der Waals surface area (Å²) in [5.74, 6) is 2.85. The minimum absolute atomic E-state index is 0.899. The van der Waals surface area contributed by atoms with Crippen LogP contribution in [0.3, 0.4) is 0 Å². The standard InChI is InChI=1S/C9H17N3/c1-7-5-8(7)6-12-9-10-3-2-4-11-9/h7-8H,2-6H2,1H3,(H2,10,11,12). The van der Waals surface area contributed by atoms with E-state index in [0.29, 0.717) is 0 Å². The number of nitrogens with zero attached hydrogens (tertiary/aromatic N) is 1. The molecule has 2 rings (SSSR count). The first-order chi connectivity index (χ1) is 5.86. The number of nitrogens with one attached hydrogen (secondary N) is 2. The normalized spacial score (nSPS) is 33.6. The van der Waals surface area contributed by atoms with Crippen molar-refractivity contribution in [3.05, 3.63) is 0 Å². The van der Waals surface area contributed by atoms with Crippen LogP contribution in [-0.2, 0) is 0 Å². The van der Waals surface area contributed by atoms with Crippen molar-refractivity contribution in [2.45, 2.75) is 19.8 Å². The Balaban J connectivity index is 1.68. The molecule has 12 heavy (non-hydrogen) atoms. The molecular weight excluding hydrogens is 150 g/mol. The molecule has 3 heteroatoms. The molecule has 2 unspecified atom stereocenters. The lowest BCUT2D eigenvalue weighted by molar-refractivity contribution is 0.662. The van der Waals surface area contributed by atoms with Crippen LogP contribution in [0.5, 0.6) is 0 Å². The molecule has 1 aliphatic carbocycles. The van der Waals surface area contributed by atoms with Gasteiger partial charge in [0, 0.05) is 19.6 Å². The van der Waals surface area contributed by atoms with Crippen molar-refractivity contribution in [3.63, 3.8) is 0 Å².